The molecule has 0 saturated carbocycles. The van der Waals surface area contributed by atoms with Gasteiger partial charge in [0.1, 0.15) is 5.82 Å². The monoisotopic (exact) mass is 348 g/mol. The third-order valence-electron chi connectivity index (χ3n) is 3.59. The number of anilines is 1. The first-order valence-electron chi connectivity index (χ1n) is 7.03. The maximum absolute atomic E-state index is 12.9. The first-order valence-corrected chi connectivity index (χ1v) is 7.03. The fraction of sp³-hybridized carbons (Fsp3) is 0.0625. The number of alkyl halides is 3. The van der Waals surface area contributed by atoms with E-state index in [-0.39, 0.29) is 17.1 Å². The van der Waals surface area contributed by atoms with Gasteiger partial charge in [-0.1, -0.05) is 18.2 Å². The van der Waals surface area contributed by atoms with Crippen LogP contribution in [0.25, 0.3) is 16.8 Å². The quantitative estimate of drug-likeness (QED) is 0.571. The smallest absolute Gasteiger partial charge is 0.383 e. The Bertz CT molecular complexity index is 951. The normalized spacial score (nSPS) is 11.5. The van der Waals surface area contributed by atoms with Gasteiger partial charge < -0.3 is 5.73 Å². The Kier molecular flexibility index (Phi) is 3.91. The molecule has 0 atom stereocenters. The van der Waals surface area contributed by atoms with Crippen molar-refractivity contribution < 1.29 is 18.1 Å². The van der Waals surface area contributed by atoms with E-state index in [1.165, 1.54) is 41.2 Å². The molecule has 0 aliphatic heterocycles. The van der Waals surface area contributed by atoms with Crippen LogP contribution in [0.4, 0.5) is 24.7 Å². The predicted molar refractivity (Wildman–Crippen MR) is 85.1 cm³/mol. The molecule has 128 valence electrons. The summed E-state index contributed by atoms with van der Waals surface area (Å²) in [6.45, 7) is 0. The van der Waals surface area contributed by atoms with Gasteiger partial charge in [-0.2, -0.15) is 18.3 Å². The first-order chi connectivity index (χ1) is 11.8. The summed E-state index contributed by atoms with van der Waals surface area (Å²) in [6, 6.07) is 10.3. The molecule has 0 spiro atoms. The highest BCUT2D eigenvalue weighted by Crippen LogP contribution is 2.34. The summed E-state index contributed by atoms with van der Waals surface area (Å²) in [5.41, 5.74) is 5.95. The number of hydrogen-bond donors (Lipinski definition) is 1. The van der Waals surface area contributed by atoms with Gasteiger partial charge in [0, 0.05) is 17.7 Å². The van der Waals surface area contributed by atoms with Crippen molar-refractivity contribution in [2.24, 2.45) is 0 Å². The predicted octanol–water partition coefficient (Wildman–Crippen LogP) is 4.05. The highest BCUT2D eigenvalue weighted by Gasteiger charge is 2.30. The van der Waals surface area contributed by atoms with Crippen molar-refractivity contribution in [1.29, 1.82) is 0 Å². The van der Waals surface area contributed by atoms with Gasteiger partial charge in [0.15, 0.2) is 0 Å². The van der Waals surface area contributed by atoms with Crippen molar-refractivity contribution in [2.75, 3.05) is 5.73 Å². The molecule has 6 nitrogen and oxygen atoms in total. The standard InChI is InChI=1S/C16H11F3N4O2/c17-16(18,19)11-4-1-3-10(7-11)14-9-21-22(15(14)20)12-5-2-6-13(8-12)23(24)25/h1-9H,20H2. The van der Waals surface area contributed by atoms with Crippen LogP contribution in [0.1, 0.15) is 5.56 Å². The lowest BCUT2D eigenvalue weighted by molar-refractivity contribution is -0.384. The molecule has 1 aromatic heterocycles. The SMILES string of the molecule is Nc1c(-c2cccc(C(F)(F)F)c2)cnn1-c1cccc([N+](=O)[O-])c1. The molecular weight excluding hydrogens is 337 g/mol. The van der Waals surface area contributed by atoms with E-state index in [0.29, 0.717) is 11.3 Å². The van der Waals surface area contributed by atoms with Gasteiger partial charge in [0.05, 0.1) is 22.4 Å². The second-order valence-electron chi connectivity index (χ2n) is 5.21. The van der Waals surface area contributed by atoms with Crippen molar-refractivity contribution in [3.05, 3.63) is 70.4 Å². The second-order valence-corrected chi connectivity index (χ2v) is 5.21. The molecule has 2 aromatic carbocycles. The number of nitro groups is 1. The molecule has 0 radical (unpaired) electrons. The number of halogens is 3. The Balaban J connectivity index is 2.05. The van der Waals surface area contributed by atoms with Crippen LogP contribution in [0.3, 0.4) is 0 Å². The maximum atomic E-state index is 12.9. The van der Waals surface area contributed by atoms with Crippen molar-refractivity contribution >= 4 is 11.5 Å². The van der Waals surface area contributed by atoms with Crippen LogP contribution in [0.2, 0.25) is 0 Å². The summed E-state index contributed by atoms with van der Waals surface area (Å²) in [5.74, 6) is 0.0832. The van der Waals surface area contributed by atoms with E-state index in [1.807, 2.05) is 0 Å². The minimum absolute atomic E-state index is 0.0832. The summed E-state index contributed by atoms with van der Waals surface area (Å²) < 4.78 is 39.8. The number of rotatable bonds is 3. The lowest BCUT2D eigenvalue weighted by atomic mass is 10.1. The van der Waals surface area contributed by atoms with Crippen molar-refractivity contribution in [3.63, 3.8) is 0 Å². The van der Waals surface area contributed by atoms with E-state index >= 15 is 0 Å². The fourth-order valence-electron chi connectivity index (χ4n) is 2.39. The summed E-state index contributed by atoms with van der Waals surface area (Å²) >= 11 is 0. The van der Waals surface area contributed by atoms with E-state index in [9.17, 15) is 23.3 Å². The molecule has 1 heterocycles. The van der Waals surface area contributed by atoms with Gasteiger partial charge in [0.2, 0.25) is 0 Å². The van der Waals surface area contributed by atoms with Crippen LogP contribution >= 0.6 is 0 Å². The second kappa shape index (κ2) is 5.93. The number of benzene rings is 2. The number of aromatic nitrogens is 2. The van der Waals surface area contributed by atoms with Crippen LogP contribution in [0.5, 0.6) is 0 Å². The fourth-order valence-corrected chi connectivity index (χ4v) is 2.39. The molecule has 0 amide bonds. The molecule has 0 saturated heterocycles. The Morgan fingerprint density at radius 3 is 2.52 bits per heavy atom. The molecule has 0 fully saturated rings. The summed E-state index contributed by atoms with van der Waals surface area (Å²) in [6.07, 6.45) is -3.15. The van der Waals surface area contributed by atoms with E-state index in [0.717, 1.165) is 12.1 Å². The van der Waals surface area contributed by atoms with E-state index in [1.54, 1.807) is 6.07 Å². The largest absolute Gasteiger partial charge is 0.416 e. The molecular formula is C16H11F3N4O2. The number of non-ortho nitro benzene ring substituents is 1. The molecule has 2 N–H and O–H groups in total. The third-order valence-corrected chi connectivity index (χ3v) is 3.59. The van der Waals surface area contributed by atoms with Gasteiger partial charge in [-0.3, -0.25) is 10.1 Å². The molecule has 9 heteroatoms. The number of nitrogens with zero attached hydrogens (tertiary/aromatic N) is 3. The average Bonchev–Trinajstić information content (AvgIpc) is 2.96. The summed E-state index contributed by atoms with van der Waals surface area (Å²) in [4.78, 5) is 10.3. The Morgan fingerprint density at radius 1 is 1.12 bits per heavy atom. The minimum Gasteiger partial charge on any atom is -0.383 e. The topological polar surface area (TPSA) is 87.0 Å². The maximum Gasteiger partial charge on any atom is 0.416 e. The highest BCUT2D eigenvalue weighted by molar-refractivity contribution is 5.75. The highest BCUT2D eigenvalue weighted by atomic mass is 19.4. The van der Waals surface area contributed by atoms with Crippen LogP contribution < -0.4 is 5.73 Å². The van der Waals surface area contributed by atoms with E-state index < -0.39 is 16.7 Å². The molecule has 0 unspecified atom stereocenters. The van der Waals surface area contributed by atoms with Crippen LogP contribution in [0, 0.1) is 10.1 Å². The summed E-state index contributed by atoms with van der Waals surface area (Å²) in [7, 11) is 0. The molecule has 3 rings (SSSR count). The van der Waals surface area contributed by atoms with Gasteiger partial charge in [0.25, 0.3) is 5.69 Å². The lowest BCUT2D eigenvalue weighted by Crippen LogP contribution is -2.05. The minimum atomic E-state index is -4.47. The Labute approximate surface area is 139 Å². The zero-order chi connectivity index (χ0) is 18.2. The van der Waals surface area contributed by atoms with Crippen LogP contribution in [-0.2, 0) is 6.18 Å². The van der Waals surface area contributed by atoms with Gasteiger partial charge in [-0.25, -0.2) is 4.68 Å². The van der Waals surface area contributed by atoms with Crippen molar-refractivity contribution in [2.45, 2.75) is 6.18 Å². The Morgan fingerprint density at radius 2 is 1.84 bits per heavy atom. The van der Waals surface area contributed by atoms with Crippen LogP contribution in [0.15, 0.2) is 54.7 Å². The first kappa shape index (κ1) is 16.5. The zero-order valence-electron chi connectivity index (χ0n) is 12.6. The van der Waals surface area contributed by atoms with Gasteiger partial charge in [-0.15, -0.1) is 0 Å². The van der Waals surface area contributed by atoms with Crippen molar-refractivity contribution in [1.82, 2.24) is 9.78 Å². The molecule has 0 aliphatic rings. The van der Waals surface area contributed by atoms with Gasteiger partial charge >= 0.3 is 6.18 Å². The van der Waals surface area contributed by atoms with E-state index in [2.05, 4.69) is 5.10 Å². The van der Waals surface area contributed by atoms with Crippen LogP contribution in [-0.4, -0.2) is 14.7 Å². The van der Waals surface area contributed by atoms with E-state index in [4.69, 9.17) is 5.73 Å². The molecule has 0 aliphatic carbocycles. The molecule has 3 aromatic rings. The summed E-state index contributed by atoms with van der Waals surface area (Å²) in [5, 5.41) is 14.9. The Hall–Kier alpha value is -3.36. The zero-order valence-corrected chi connectivity index (χ0v) is 12.6. The number of nitro benzene ring substituents is 1. The number of nitrogens with two attached hydrogens (primary N) is 1. The number of nitrogen functional groups attached to an aromatic ring is 1. The lowest BCUT2D eigenvalue weighted by Gasteiger charge is -2.09. The molecule has 0 bridgehead atoms. The third kappa shape index (κ3) is 3.16. The number of hydrogen-bond acceptors (Lipinski definition) is 4. The van der Waals surface area contributed by atoms with Gasteiger partial charge in [-0.05, 0) is 23.8 Å². The van der Waals surface area contributed by atoms with Crippen molar-refractivity contribution in [3.8, 4) is 16.8 Å². The average molecular weight is 348 g/mol. The molecule has 25 heavy (non-hydrogen) atoms.